The van der Waals surface area contributed by atoms with E-state index in [0.29, 0.717) is 6.42 Å². The van der Waals surface area contributed by atoms with E-state index in [-0.39, 0.29) is 32.1 Å². The van der Waals surface area contributed by atoms with Crippen LogP contribution in [0.25, 0.3) is 0 Å². The van der Waals surface area contributed by atoms with Gasteiger partial charge in [0.25, 0.3) is 0 Å². The van der Waals surface area contributed by atoms with Crippen molar-refractivity contribution in [2.45, 2.75) is 193 Å². The first kappa shape index (κ1) is 50.2. The average molecular weight is 756 g/mol. The number of amides is 1. The lowest BCUT2D eigenvalue weighted by molar-refractivity contribution is -0.147. The average Bonchev–Trinajstić information content (AvgIpc) is 3.13. The van der Waals surface area contributed by atoms with Crippen LogP contribution in [0.15, 0.2) is 36.5 Å². The van der Waals surface area contributed by atoms with Crippen molar-refractivity contribution in [1.29, 1.82) is 0 Å². The van der Waals surface area contributed by atoms with Crippen LogP contribution >= 0.6 is 7.82 Å². The van der Waals surface area contributed by atoms with E-state index in [4.69, 9.17) is 13.8 Å². The molecule has 0 aromatic heterocycles. The van der Waals surface area contributed by atoms with Gasteiger partial charge in [0.1, 0.15) is 12.7 Å². The van der Waals surface area contributed by atoms with Crippen LogP contribution < -0.4 is 5.32 Å². The standard InChI is InChI=1S/C42H78NO8P/c1-3-5-7-9-11-13-15-17-18-19-20-21-23-24-26-28-30-32-34-41(45)43-36-37-50-52(47,48)51-39-40(44)38-49-42(46)35-33-31-29-27-25-22-16-14-12-10-8-6-4-2/h8,10,14,16,18-19,40,44H,3-7,9,11-13,15,17,20-39H2,1-2H3,(H,43,45)(H,47,48)/b10-8-,16-14-,19-18-. The highest BCUT2D eigenvalue weighted by Gasteiger charge is 2.23. The van der Waals surface area contributed by atoms with Crippen LogP contribution in [0.3, 0.4) is 0 Å². The van der Waals surface area contributed by atoms with Gasteiger partial charge in [-0.2, -0.15) is 0 Å². The second-order valence-electron chi connectivity index (χ2n) is 14.0. The van der Waals surface area contributed by atoms with E-state index in [0.717, 1.165) is 70.6 Å². The zero-order valence-electron chi connectivity index (χ0n) is 33.3. The molecule has 52 heavy (non-hydrogen) atoms. The maximum Gasteiger partial charge on any atom is 0.472 e. The van der Waals surface area contributed by atoms with E-state index >= 15 is 0 Å². The maximum atomic E-state index is 12.1. The summed E-state index contributed by atoms with van der Waals surface area (Å²) in [4.78, 5) is 33.8. The van der Waals surface area contributed by atoms with E-state index in [1.807, 2.05) is 0 Å². The Hall–Kier alpha value is -1.77. The molecule has 10 heteroatoms. The van der Waals surface area contributed by atoms with Gasteiger partial charge in [0.05, 0.1) is 13.2 Å². The predicted molar refractivity (Wildman–Crippen MR) is 215 cm³/mol. The van der Waals surface area contributed by atoms with Crippen LogP contribution in [0.1, 0.15) is 187 Å². The Balaban J connectivity index is 3.61. The Labute approximate surface area is 318 Å². The smallest absolute Gasteiger partial charge is 0.463 e. The fourth-order valence-corrected chi connectivity index (χ4v) is 6.35. The SMILES string of the molecule is CCC/C=C\C/C=C\CCCCCCCC(=O)OCC(O)COP(=O)(O)OCCNC(=O)CCCCCCCCC/C=C\CCCCCCCCC. The molecule has 2 unspecified atom stereocenters. The second-order valence-corrected chi connectivity index (χ2v) is 15.4. The third-order valence-corrected chi connectivity index (χ3v) is 9.76. The third kappa shape index (κ3) is 39.4. The number of carbonyl (C=O) groups excluding carboxylic acids is 2. The van der Waals surface area contributed by atoms with Gasteiger partial charge in [0, 0.05) is 19.4 Å². The van der Waals surface area contributed by atoms with Crippen molar-refractivity contribution >= 4 is 19.7 Å². The van der Waals surface area contributed by atoms with Crippen LogP contribution in [0.5, 0.6) is 0 Å². The molecule has 0 aromatic rings. The van der Waals surface area contributed by atoms with Crippen LogP contribution in [0.2, 0.25) is 0 Å². The molecule has 0 aliphatic rings. The highest BCUT2D eigenvalue weighted by Crippen LogP contribution is 2.42. The van der Waals surface area contributed by atoms with Crippen LogP contribution in [-0.4, -0.2) is 54.3 Å². The number of rotatable bonds is 39. The van der Waals surface area contributed by atoms with Crippen LogP contribution in [0.4, 0.5) is 0 Å². The van der Waals surface area contributed by atoms with Crippen molar-refractivity contribution in [3.63, 3.8) is 0 Å². The molecule has 1 amide bonds. The Morgan fingerprint density at radius 3 is 1.63 bits per heavy atom. The zero-order chi connectivity index (χ0) is 38.2. The number of aliphatic hydroxyl groups excluding tert-OH is 1. The number of phosphoric ester groups is 1. The van der Waals surface area contributed by atoms with E-state index < -0.39 is 26.5 Å². The summed E-state index contributed by atoms with van der Waals surface area (Å²) in [5, 5.41) is 12.7. The van der Waals surface area contributed by atoms with Gasteiger partial charge in [-0.3, -0.25) is 18.6 Å². The van der Waals surface area contributed by atoms with Gasteiger partial charge in [-0.05, 0) is 64.2 Å². The number of hydrogen-bond donors (Lipinski definition) is 3. The number of aliphatic hydroxyl groups is 1. The largest absolute Gasteiger partial charge is 0.472 e. The number of esters is 1. The first-order chi connectivity index (χ1) is 25.3. The van der Waals surface area contributed by atoms with Crippen molar-refractivity contribution in [2.24, 2.45) is 0 Å². The number of nitrogens with one attached hydrogen (secondary N) is 1. The molecular formula is C42H78NO8P. The zero-order valence-corrected chi connectivity index (χ0v) is 34.1. The summed E-state index contributed by atoms with van der Waals surface area (Å²) < 4.78 is 26.8. The molecule has 9 nitrogen and oxygen atoms in total. The van der Waals surface area contributed by atoms with Gasteiger partial charge >= 0.3 is 13.8 Å². The molecule has 0 heterocycles. The summed E-state index contributed by atoms with van der Waals surface area (Å²) in [5.41, 5.74) is 0. The molecular weight excluding hydrogens is 677 g/mol. The third-order valence-electron chi connectivity index (χ3n) is 8.77. The Morgan fingerprint density at radius 1 is 0.596 bits per heavy atom. The molecule has 0 spiro atoms. The van der Waals surface area contributed by atoms with Crippen molar-refractivity contribution in [2.75, 3.05) is 26.4 Å². The lowest BCUT2D eigenvalue weighted by atomic mass is 10.1. The molecule has 0 aromatic carbocycles. The topological polar surface area (TPSA) is 131 Å². The molecule has 2 atom stereocenters. The summed E-state index contributed by atoms with van der Waals surface area (Å²) >= 11 is 0. The highest BCUT2D eigenvalue weighted by atomic mass is 31.2. The maximum absolute atomic E-state index is 12.1. The summed E-state index contributed by atoms with van der Waals surface area (Å²) in [6, 6.07) is 0. The molecule has 0 radical (unpaired) electrons. The van der Waals surface area contributed by atoms with Crippen molar-refractivity contribution in [3.8, 4) is 0 Å². The molecule has 0 aliphatic carbocycles. The van der Waals surface area contributed by atoms with Gasteiger partial charge < -0.3 is 20.1 Å². The van der Waals surface area contributed by atoms with Crippen molar-refractivity contribution in [1.82, 2.24) is 5.32 Å². The number of hydrogen-bond acceptors (Lipinski definition) is 7. The molecule has 0 bridgehead atoms. The number of unbranched alkanes of at least 4 members (excludes halogenated alkanes) is 20. The predicted octanol–water partition coefficient (Wildman–Crippen LogP) is 11.4. The lowest BCUT2D eigenvalue weighted by Gasteiger charge is -2.15. The fraction of sp³-hybridized carbons (Fsp3) is 0.810. The monoisotopic (exact) mass is 756 g/mol. The first-order valence-electron chi connectivity index (χ1n) is 21.0. The molecule has 304 valence electrons. The van der Waals surface area contributed by atoms with Gasteiger partial charge in [-0.15, -0.1) is 0 Å². The minimum Gasteiger partial charge on any atom is -0.463 e. The highest BCUT2D eigenvalue weighted by molar-refractivity contribution is 7.47. The molecule has 0 saturated carbocycles. The normalized spacial score (nSPS) is 13.7. The van der Waals surface area contributed by atoms with E-state index in [9.17, 15) is 24.2 Å². The van der Waals surface area contributed by atoms with Gasteiger partial charge in [-0.25, -0.2) is 4.57 Å². The van der Waals surface area contributed by atoms with E-state index in [2.05, 4.69) is 55.6 Å². The fourth-order valence-electron chi connectivity index (χ4n) is 5.59. The van der Waals surface area contributed by atoms with E-state index in [1.54, 1.807) is 0 Å². The van der Waals surface area contributed by atoms with Gasteiger partial charge in [0.15, 0.2) is 0 Å². The lowest BCUT2D eigenvalue weighted by Crippen LogP contribution is -2.27. The number of carbonyl (C=O) groups is 2. The quantitative estimate of drug-likeness (QED) is 0.0244. The molecule has 0 rings (SSSR count). The summed E-state index contributed by atoms with van der Waals surface area (Å²) in [7, 11) is -4.42. The van der Waals surface area contributed by atoms with Crippen LogP contribution in [0, 0.1) is 0 Å². The minimum absolute atomic E-state index is 0.0778. The summed E-state index contributed by atoms with van der Waals surface area (Å²) in [6.45, 7) is 3.46. The number of allylic oxidation sites excluding steroid dienone is 6. The second kappa shape index (κ2) is 38.9. The van der Waals surface area contributed by atoms with Gasteiger partial charge in [-0.1, -0.05) is 147 Å². The van der Waals surface area contributed by atoms with Crippen molar-refractivity contribution < 1.29 is 37.9 Å². The number of phosphoric acid groups is 1. The van der Waals surface area contributed by atoms with Crippen molar-refractivity contribution in [3.05, 3.63) is 36.5 Å². The minimum atomic E-state index is -4.42. The molecule has 0 aliphatic heterocycles. The molecule has 0 saturated heterocycles. The van der Waals surface area contributed by atoms with E-state index in [1.165, 1.54) is 89.9 Å². The molecule has 0 fully saturated rings. The Kier molecular flexibility index (Phi) is 37.6. The van der Waals surface area contributed by atoms with Gasteiger partial charge in [0.2, 0.25) is 5.91 Å². The Bertz CT molecular complexity index is 954. The first-order valence-corrected chi connectivity index (χ1v) is 22.5. The molecule has 3 N–H and O–H groups in total. The summed E-state index contributed by atoms with van der Waals surface area (Å²) in [5.74, 6) is -0.535. The summed E-state index contributed by atoms with van der Waals surface area (Å²) in [6.07, 6.45) is 42.2. The number of ether oxygens (including phenoxy) is 1. The Morgan fingerprint density at radius 2 is 1.08 bits per heavy atom. The van der Waals surface area contributed by atoms with Crippen LogP contribution in [-0.2, 0) is 27.9 Å².